The van der Waals surface area contributed by atoms with Gasteiger partial charge in [-0.05, 0) is 41.1 Å². The summed E-state index contributed by atoms with van der Waals surface area (Å²) in [4.78, 5) is 12.1. The summed E-state index contributed by atoms with van der Waals surface area (Å²) in [5.74, 6) is -0.0953. The molecule has 0 atom stereocenters. The van der Waals surface area contributed by atoms with Crippen LogP contribution >= 0.6 is 11.8 Å². The quantitative estimate of drug-likeness (QED) is 0.547. The molecule has 0 fully saturated rings. The minimum atomic E-state index is -0.249. The molecule has 8 heteroatoms. The van der Waals surface area contributed by atoms with Gasteiger partial charge < -0.3 is 10.4 Å². The lowest BCUT2D eigenvalue weighted by Crippen LogP contribution is -2.14. The van der Waals surface area contributed by atoms with Crippen LogP contribution in [0.3, 0.4) is 0 Å². The summed E-state index contributed by atoms with van der Waals surface area (Å²) in [5, 5.41) is 24.5. The van der Waals surface area contributed by atoms with Gasteiger partial charge in [0.15, 0.2) is 0 Å². The van der Waals surface area contributed by atoms with Gasteiger partial charge in [-0.2, -0.15) is 4.68 Å². The molecule has 1 aromatic heterocycles. The summed E-state index contributed by atoms with van der Waals surface area (Å²) < 4.78 is 1.60. The van der Waals surface area contributed by atoms with Crippen LogP contribution < -0.4 is 5.32 Å². The SMILES string of the molecule is Cc1ccccc1-n1nnnc1SCC(=O)Nc1ccccc1O. The van der Waals surface area contributed by atoms with Crippen molar-refractivity contribution in [1.29, 1.82) is 0 Å². The largest absolute Gasteiger partial charge is 0.506 e. The maximum absolute atomic E-state index is 12.1. The summed E-state index contributed by atoms with van der Waals surface area (Å²) in [7, 11) is 0. The number of aromatic nitrogens is 4. The van der Waals surface area contributed by atoms with Gasteiger partial charge in [-0.3, -0.25) is 4.79 Å². The molecule has 122 valence electrons. The Hall–Kier alpha value is -2.87. The normalized spacial score (nSPS) is 10.5. The number of carbonyl (C=O) groups excluding carboxylic acids is 1. The summed E-state index contributed by atoms with van der Waals surface area (Å²) in [5.41, 5.74) is 2.28. The van der Waals surface area contributed by atoms with Gasteiger partial charge in [0, 0.05) is 0 Å². The third-order valence-electron chi connectivity index (χ3n) is 3.30. The fraction of sp³-hybridized carbons (Fsp3) is 0.125. The van der Waals surface area contributed by atoms with Crippen molar-refractivity contribution >= 4 is 23.4 Å². The molecular formula is C16H15N5O2S. The molecule has 7 nitrogen and oxygen atoms in total. The molecule has 0 aliphatic carbocycles. The Balaban J connectivity index is 1.68. The minimum Gasteiger partial charge on any atom is -0.506 e. The molecule has 1 amide bonds. The zero-order valence-corrected chi connectivity index (χ0v) is 13.7. The molecule has 0 radical (unpaired) electrons. The van der Waals surface area contributed by atoms with Crippen molar-refractivity contribution in [3.63, 3.8) is 0 Å². The van der Waals surface area contributed by atoms with Crippen molar-refractivity contribution in [1.82, 2.24) is 20.2 Å². The van der Waals surface area contributed by atoms with Gasteiger partial charge in [0.05, 0.1) is 17.1 Å². The van der Waals surface area contributed by atoms with Gasteiger partial charge in [-0.25, -0.2) is 0 Å². The van der Waals surface area contributed by atoms with Crippen LogP contribution in [-0.2, 0) is 4.79 Å². The third kappa shape index (κ3) is 3.54. The lowest BCUT2D eigenvalue weighted by Gasteiger charge is -2.08. The van der Waals surface area contributed by atoms with E-state index in [0.29, 0.717) is 10.8 Å². The number of aryl methyl sites for hydroxylation is 1. The average molecular weight is 341 g/mol. The van der Waals surface area contributed by atoms with Crippen molar-refractivity contribution in [3.05, 3.63) is 54.1 Å². The highest BCUT2D eigenvalue weighted by atomic mass is 32.2. The molecule has 0 aliphatic rings. The Kier molecular flexibility index (Phi) is 4.76. The highest BCUT2D eigenvalue weighted by Crippen LogP contribution is 2.23. The maximum atomic E-state index is 12.1. The molecule has 0 saturated heterocycles. The van der Waals surface area contributed by atoms with E-state index in [-0.39, 0.29) is 17.4 Å². The van der Waals surface area contributed by atoms with Crippen molar-refractivity contribution in [2.45, 2.75) is 12.1 Å². The number of tetrazole rings is 1. The molecule has 0 saturated carbocycles. The van der Waals surface area contributed by atoms with Crippen molar-refractivity contribution in [2.75, 3.05) is 11.1 Å². The van der Waals surface area contributed by atoms with Crippen LogP contribution in [0.15, 0.2) is 53.7 Å². The smallest absolute Gasteiger partial charge is 0.234 e. The summed E-state index contributed by atoms with van der Waals surface area (Å²) >= 11 is 1.22. The first-order valence-corrected chi connectivity index (χ1v) is 8.19. The number of aromatic hydroxyl groups is 1. The summed E-state index contributed by atoms with van der Waals surface area (Å²) in [6, 6.07) is 14.3. The van der Waals surface area contributed by atoms with E-state index in [9.17, 15) is 9.90 Å². The number of anilines is 1. The molecular weight excluding hydrogens is 326 g/mol. The zero-order valence-electron chi connectivity index (χ0n) is 12.9. The van der Waals surface area contributed by atoms with E-state index < -0.39 is 0 Å². The monoisotopic (exact) mass is 341 g/mol. The van der Waals surface area contributed by atoms with Crippen molar-refractivity contribution in [3.8, 4) is 11.4 Å². The van der Waals surface area contributed by atoms with Gasteiger partial charge in [-0.15, -0.1) is 5.10 Å². The number of benzene rings is 2. The second-order valence-electron chi connectivity index (χ2n) is 5.01. The molecule has 0 unspecified atom stereocenters. The number of amides is 1. The third-order valence-corrected chi connectivity index (χ3v) is 4.21. The molecule has 0 spiro atoms. The molecule has 2 N–H and O–H groups in total. The van der Waals surface area contributed by atoms with Crippen molar-refractivity contribution in [2.24, 2.45) is 0 Å². The van der Waals surface area contributed by atoms with Gasteiger partial charge in [-0.1, -0.05) is 42.1 Å². The topological polar surface area (TPSA) is 92.9 Å². The molecule has 3 aromatic rings. The maximum Gasteiger partial charge on any atom is 0.234 e. The highest BCUT2D eigenvalue weighted by molar-refractivity contribution is 7.99. The summed E-state index contributed by atoms with van der Waals surface area (Å²) in [6.45, 7) is 1.97. The Labute approximate surface area is 142 Å². The van der Waals surface area contributed by atoms with Crippen LogP contribution in [0.4, 0.5) is 5.69 Å². The van der Waals surface area contributed by atoms with Crippen LogP contribution in [0.5, 0.6) is 5.75 Å². The second-order valence-corrected chi connectivity index (χ2v) is 5.96. The number of hydrogen-bond acceptors (Lipinski definition) is 6. The number of rotatable bonds is 5. The number of nitrogens with zero attached hydrogens (tertiary/aromatic N) is 4. The predicted molar refractivity (Wildman–Crippen MR) is 91.4 cm³/mol. The van der Waals surface area contributed by atoms with Gasteiger partial charge in [0.1, 0.15) is 5.75 Å². The van der Waals surface area contributed by atoms with Crippen LogP contribution in [0.1, 0.15) is 5.56 Å². The molecule has 2 aromatic carbocycles. The number of phenols is 1. The molecule has 1 heterocycles. The van der Waals surface area contributed by atoms with Crippen molar-refractivity contribution < 1.29 is 9.90 Å². The Bertz CT molecular complexity index is 865. The van der Waals surface area contributed by atoms with E-state index in [4.69, 9.17) is 0 Å². The van der Waals surface area contributed by atoms with Crippen LogP contribution in [0.2, 0.25) is 0 Å². The number of nitrogens with one attached hydrogen (secondary N) is 1. The number of para-hydroxylation sites is 3. The molecule has 0 bridgehead atoms. The van der Waals surface area contributed by atoms with E-state index in [1.165, 1.54) is 17.8 Å². The van der Waals surface area contributed by atoms with E-state index >= 15 is 0 Å². The summed E-state index contributed by atoms with van der Waals surface area (Å²) in [6.07, 6.45) is 0. The van der Waals surface area contributed by atoms with Crippen LogP contribution in [0, 0.1) is 6.92 Å². The minimum absolute atomic E-state index is 0.0283. The average Bonchev–Trinajstić information content (AvgIpc) is 3.04. The number of carbonyl (C=O) groups is 1. The van der Waals surface area contributed by atoms with Gasteiger partial charge in [0.25, 0.3) is 0 Å². The molecule has 24 heavy (non-hydrogen) atoms. The van der Waals surface area contributed by atoms with E-state index in [1.807, 2.05) is 31.2 Å². The Morgan fingerprint density at radius 2 is 1.96 bits per heavy atom. The molecule has 0 aliphatic heterocycles. The van der Waals surface area contributed by atoms with Gasteiger partial charge >= 0.3 is 0 Å². The van der Waals surface area contributed by atoms with Crippen LogP contribution in [-0.4, -0.2) is 37.0 Å². The first-order valence-electron chi connectivity index (χ1n) is 7.20. The first-order chi connectivity index (χ1) is 11.6. The van der Waals surface area contributed by atoms with E-state index in [1.54, 1.807) is 22.9 Å². The Morgan fingerprint density at radius 3 is 2.75 bits per heavy atom. The Morgan fingerprint density at radius 1 is 1.21 bits per heavy atom. The zero-order chi connectivity index (χ0) is 16.9. The molecule has 3 rings (SSSR count). The number of hydrogen-bond donors (Lipinski definition) is 2. The van der Waals surface area contributed by atoms with E-state index in [0.717, 1.165) is 11.3 Å². The lowest BCUT2D eigenvalue weighted by molar-refractivity contribution is -0.113. The van der Waals surface area contributed by atoms with E-state index in [2.05, 4.69) is 20.8 Å². The standard InChI is InChI=1S/C16H15N5O2S/c1-11-6-2-4-8-13(11)21-16(18-19-20-21)24-10-15(23)17-12-7-3-5-9-14(12)22/h2-9,22H,10H2,1H3,(H,17,23). The highest BCUT2D eigenvalue weighted by Gasteiger charge is 2.13. The van der Waals surface area contributed by atoms with Crippen LogP contribution in [0.25, 0.3) is 5.69 Å². The lowest BCUT2D eigenvalue weighted by atomic mass is 10.2. The fourth-order valence-electron chi connectivity index (χ4n) is 2.12. The number of phenolic OH excluding ortho intramolecular Hbond substituents is 1. The van der Waals surface area contributed by atoms with Gasteiger partial charge in [0.2, 0.25) is 11.1 Å². The predicted octanol–water partition coefficient (Wildman–Crippen LogP) is 2.41. The second kappa shape index (κ2) is 7.14. The first kappa shape index (κ1) is 16.0. The number of thioether (sulfide) groups is 1. The fourth-order valence-corrected chi connectivity index (χ4v) is 2.80.